The van der Waals surface area contributed by atoms with E-state index in [1.54, 1.807) is 6.20 Å². The molecule has 0 unspecified atom stereocenters. The number of rotatable bonds is 3. The Morgan fingerprint density at radius 2 is 2.15 bits per heavy atom. The van der Waals surface area contributed by atoms with Crippen molar-refractivity contribution < 1.29 is 4.79 Å². The van der Waals surface area contributed by atoms with Gasteiger partial charge in [0.15, 0.2) is 0 Å². The molecule has 2 atom stereocenters. The Hall–Kier alpha value is -1.36. The van der Waals surface area contributed by atoms with E-state index in [2.05, 4.69) is 9.97 Å². The number of piperidine rings is 1. The molecule has 3 N–H and O–H groups in total. The zero-order valence-corrected chi connectivity index (χ0v) is 11.9. The van der Waals surface area contributed by atoms with Crippen molar-refractivity contribution in [1.29, 1.82) is 0 Å². The summed E-state index contributed by atoms with van der Waals surface area (Å²) in [4.78, 5) is 21.9. The van der Waals surface area contributed by atoms with Crippen molar-refractivity contribution in [3.05, 3.63) is 18.2 Å². The third kappa shape index (κ3) is 2.87. The summed E-state index contributed by atoms with van der Waals surface area (Å²) in [7, 11) is 0. The van der Waals surface area contributed by atoms with Gasteiger partial charge in [-0.2, -0.15) is 0 Å². The number of nitrogens with two attached hydrogens (primary N) is 1. The fourth-order valence-electron chi connectivity index (χ4n) is 3.58. The SMILES string of the molecule is N[C@@H]1CCC[C@H]1CC(=O)N1CCC(c2ncc[nH]2)CC1. The molecule has 0 spiro atoms. The second-order valence-corrected chi connectivity index (χ2v) is 6.19. The van der Waals surface area contributed by atoms with Gasteiger partial charge < -0.3 is 15.6 Å². The predicted octanol–water partition coefficient (Wildman–Crippen LogP) is 1.63. The summed E-state index contributed by atoms with van der Waals surface area (Å²) in [6.07, 6.45) is 9.72. The molecule has 2 aliphatic rings. The molecule has 1 aromatic heterocycles. The molecule has 1 aromatic rings. The van der Waals surface area contributed by atoms with Crippen molar-refractivity contribution in [2.45, 2.75) is 50.5 Å². The number of hydrogen-bond acceptors (Lipinski definition) is 3. The number of imidazole rings is 1. The van der Waals surface area contributed by atoms with Crippen LogP contribution in [-0.2, 0) is 4.79 Å². The average molecular weight is 276 g/mol. The van der Waals surface area contributed by atoms with E-state index in [0.717, 1.165) is 44.6 Å². The van der Waals surface area contributed by atoms with Crippen molar-refractivity contribution >= 4 is 5.91 Å². The van der Waals surface area contributed by atoms with Crippen LogP contribution in [-0.4, -0.2) is 39.9 Å². The van der Waals surface area contributed by atoms with Crippen LogP contribution in [0, 0.1) is 5.92 Å². The highest BCUT2D eigenvalue weighted by Crippen LogP contribution is 2.29. The van der Waals surface area contributed by atoms with Crippen LogP contribution in [0.4, 0.5) is 0 Å². The predicted molar refractivity (Wildman–Crippen MR) is 77.1 cm³/mol. The maximum atomic E-state index is 12.3. The topological polar surface area (TPSA) is 75.0 Å². The van der Waals surface area contributed by atoms with Crippen LogP contribution in [0.5, 0.6) is 0 Å². The molecule has 5 nitrogen and oxygen atoms in total. The number of likely N-dealkylation sites (tertiary alicyclic amines) is 1. The Kier molecular flexibility index (Phi) is 4.05. The Balaban J connectivity index is 1.49. The fraction of sp³-hybridized carbons (Fsp3) is 0.733. The van der Waals surface area contributed by atoms with Gasteiger partial charge >= 0.3 is 0 Å². The molecule has 3 rings (SSSR count). The lowest BCUT2D eigenvalue weighted by molar-refractivity contribution is -0.133. The summed E-state index contributed by atoms with van der Waals surface area (Å²) >= 11 is 0. The van der Waals surface area contributed by atoms with Crippen molar-refractivity contribution in [3.63, 3.8) is 0 Å². The smallest absolute Gasteiger partial charge is 0.222 e. The van der Waals surface area contributed by atoms with E-state index in [-0.39, 0.29) is 6.04 Å². The van der Waals surface area contributed by atoms with Gasteiger partial charge in [0.1, 0.15) is 5.82 Å². The van der Waals surface area contributed by atoms with E-state index in [4.69, 9.17) is 5.73 Å². The zero-order valence-electron chi connectivity index (χ0n) is 11.9. The Morgan fingerprint density at radius 1 is 1.35 bits per heavy atom. The Labute approximate surface area is 119 Å². The van der Waals surface area contributed by atoms with Crippen LogP contribution in [0.25, 0.3) is 0 Å². The van der Waals surface area contributed by atoms with E-state index in [1.165, 1.54) is 6.42 Å². The highest BCUT2D eigenvalue weighted by Gasteiger charge is 2.30. The maximum absolute atomic E-state index is 12.3. The van der Waals surface area contributed by atoms with Gasteiger partial charge in [0, 0.05) is 43.9 Å². The molecule has 0 aromatic carbocycles. The summed E-state index contributed by atoms with van der Waals surface area (Å²) < 4.78 is 0. The first kappa shape index (κ1) is 13.6. The summed E-state index contributed by atoms with van der Waals surface area (Å²) in [5.74, 6) is 2.24. The molecule has 1 saturated heterocycles. The van der Waals surface area contributed by atoms with E-state index < -0.39 is 0 Å². The molecule has 110 valence electrons. The molecule has 1 aliphatic heterocycles. The Morgan fingerprint density at radius 3 is 2.75 bits per heavy atom. The summed E-state index contributed by atoms with van der Waals surface area (Å²) in [5, 5.41) is 0. The monoisotopic (exact) mass is 276 g/mol. The number of aromatic amines is 1. The second-order valence-electron chi connectivity index (χ2n) is 6.19. The van der Waals surface area contributed by atoms with E-state index >= 15 is 0 Å². The molecule has 1 aliphatic carbocycles. The number of hydrogen-bond donors (Lipinski definition) is 2. The normalized spacial score (nSPS) is 27.9. The zero-order chi connectivity index (χ0) is 13.9. The Bertz CT molecular complexity index is 437. The molecular weight excluding hydrogens is 252 g/mol. The van der Waals surface area contributed by atoms with Crippen LogP contribution in [0.1, 0.15) is 50.3 Å². The lowest BCUT2D eigenvalue weighted by atomic mass is 9.94. The molecule has 5 heteroatoms. The van der Waals surface area contributed by atoms with E-state index in [1.807, 2.05) is 11.1 Å². The molecule has 0 bridgehead atoms. The molecule has 20 heavy (non-hydrogen) atoms. The van der Waals surface area contributed by atoms with Gasteiger partial charge in [-0.1, -0.05) is 6.42 Å². The first-order valence-corrected chi connectivity index (χ1v) is 7.76. The second kappa shape index (κ2) is 5.95. The number of aromatic nitrogens is 2. The number of nitrogens with zero attached hydrogens (tertiary/aromatic N) is 2. The summed E-state index contributed by atoms with van der Waals surface area (Å²) in [6, 6.07) is 0.236. The molecule has 1 amide bonds. The largest absolute Gasteiger partial charge is 0.348 e. The van der Waals surface area contributed by atoms with Gasteiger partial charge in [0.05, 0.1) is 0 Å². The number of carbonyl (C=O) groups excluding carboxylic acids is 1. The van der Waals surface area contributed by atoms with Crippen LogP contribution in [0.2, 0.25) is 0 Å². The van der Waals surface area contributed by atoms with E-state index in [9.17, 15) is 4.79 Å². The van der Waals surface area contributed by atoms with Gasteiger partial charge in [-0.25, -0.2) is 4.98 Å². The number of carbonyl (C=O) groups is 1. The van der Waals surface area contributed by atoms with Gasteiger partial charge in [-0.3, -0.25) is 4.79 Å². The van der Waals surface area contributed by atoms with Gasteiger partial charge in [-0.15, -0.1) is 0 Å². The highest BCUT2D eigenvalue weighted by atomic mass is 16.2. The minimum atomic E-state index is 0.236. The third-order valence-electron chi connectivity index (χ3n) is 4.91. The third-order valence-corrected chi connectivity index (χ3v) is 4.91. The van der Waals surface area contributed by atoms with Crippen LogP contribution in [0.3, 0.4) is 0 Å². The van der Waals surface area contributed by atoms with Crippen molar-refractivity contribution in [3.8, 4) is 0 Å². The molecule has 2 fully saturated rings. The average Bonchev–Trinajstić information content (AvgIpc) is 3.12. The van der Waals surface area contributed by atoms with Crippen molar-refractivity contribution in [2.75, 3.05) is 13.1 Å². The quantitative estimate of drug-likeness (QED) is 0.881. The lowest BCUT2D eigenvalue weighted by Crippen LogP contribution is -2.40. The maximum Gasteiger partial charge on any atom is 0.222 e. The van der Waals surface area contributed by atoms with Crippen LogP contribution < -0.4 is 5.73 Å². The fourth-order valence-corrected chi connectivity index (χ4v) is 3.58. The number of amides is 1. The van der Waals surface area contributed by atoms with E-state index in [0.29, 0.717) is 24.2 Å². The van der Waals surface area contributed by atoms with Gasteiger partial charge in [0.25, 0.3) is 0 Å². The first-order valence-electron chi connectivity index (χ1n) is 7.76. The number of nitrogens with one attached hydrogen (secondary N) is 1. The van der Waals surface area contributed by atoms with Crippen molar-refractivity contribution in [2.24, 2.45) is 11.7 Å². The highest BCUT2D eigenvalue weighted by molar-refractivity contribution is 5.76. The molecule has 2 heterocycles. The van der Waals surface area contributed by atoms with Gasteiger partial charge in [-0.05, 0) is 31.6 Å². The first-order chi connectivity index (χ1) is 9.74. The van der Waals surface area contributed by atoms with Crippen molar-refractivity contribution in [1.82, 2.24) is 14.9 Å². The molecule has 0 radical (unpaired) electrons. The minimum absolute atomic E-state index is 0.236. The summed E-state index contributed by atoms with van der Waals surface area (Å²) in [5.41, 5.74) is 6.06. The number of H-pyrrole nitrogens is 1. The van der Waals surface area contributed by atoms with Crippen LogP contribution in [0.15, 0.2) is 12.4 Å². The minimum Gasteiger partial charge on any atom is -0.348 e. The molecule has 1 saturated carbocycles. The van der Waals surface area contributed by atoms with Crippen LogP contribution >= 0.6 is 0 Å². The summed E-state index contributed by atoms with van der Waals surface area (Å²) in [6.45, 7) is 1.71. The molecular formula is C15H24N4O. The van der Waals surface area contributed by atoms with Gasteiger partial charge in [0.2, 0.25) is 5.91 Å². The standard InChI is InChI=1S/C15H24N4O/c16-13-3-1-2-12(13)10-14(20)19-8-4-11(5-9-19)15-17-6-7-18-15/h6-7,11-13H,1-5,8-10,16H2,(H,17,18)/t12-,13+/m0/s1. The lowest BCUT2D eigenvalue weighted by Gasteiger charge is -2.32.